The quantitative estimate of drug-likeness (QED) is 0.464. The second-order valence-corrected chi connectivity index (χ2v) is 7.23. The van der Waals surface area contributed by atoms with Crippen LogP contribution < -0.4 is 0 Å². The largest absolute Gasteiger partial charge is 0.744 e. The Balaban J connectivity index is 0.000000401. The van der Waals surface area contributed by atoms with E-state index in [1.54, 1.807) is 19.1 Å². The number of hydrogen-bond donors (Lipinski definition) is 0. The molecule has 0 aliphatic heterocycles. The van der Waals surface area contributed by atoms with Crippen LogP contribution in [-0.2, 0) is 19.6 Å². The van der Waals surface area contributed by atoms with E-state index in [2.05, 4.69) is 21.1 Å². The van der Waals surface area contributed by atoms with Gasteiger partial charge >= 0.3 is 5.97 Å². The van der Waals surface area contributed by atoms with E-state index >= 15 is 0 Å². The minimum Gasteiger partial charge on any atom is -0.744 e. The van der Waals surface area contributed by atoms with Gasteiger partial charge in [-0.15, -0.1) is 0 Å². The topological polar surface area (TPSA) is 83.5 Å². The fourth-order valence-electron chi connectivity index (χ4n) is 1.24. The molecule has 0 aromatic heterocycles. The summed E-state index contributed by atoms with van der Waals surface area (Å²) < 4.78 is 36.9. The number of hydrogen-bond acceptors (Lipinski definition) is 5. The monoisotopic (exact) mass is 331 g/mol. The number of likely N-dealkylation sites (N-methyl/N-ethyl adjacent to an activating group) is 1. The summed E-state index contributed by atoms with van der Waals surface area (Å²) in [6, 6.07) is 5.78. The first-order chi connectivity index (χ1) is 9.95. The first-order valence-electron chi connectivity index (χ1n) is 6.94. The number of ether oxygens (including phenoxy) is 1. The molecule has 7 heteroatoms. The number of rotatable bonds is 5. The molecule has 1 aromatic rings. The number of carbonyl (C=O) groups is 1. The smallest absolute Gasteiger partial charge is 0.305 e. The molecule has 0 aliphatic rings. The first-order valence-corrected chi connectivity index (χ1v) is 8.35. The van der Waals surface area contributed by atoms with Crippen LogP contribution in [0, 0.1) is 6.92 Å². The summed E-state index contributed by atoms with van der Waals surface area (Å²) in [5, 5.41) is 0. The molecule has 0 atom stereocenters. The Morgan fingerprint density at radius 3 is 2.05 bits per heavy atom. The summed E-state index contributed by atoms with van der Waals surface area (Å²) >= 11 is 0. The van der Waals surface area contributed by atoms with Crippen molar-refractivity contribution in [3.8, 4) is 0 Å². The molecule has 0 unspecified atom stereocenters. The Kier molecular flexibility index (Phi) is 8.29. The Bertz CT molecular complexity index is 559. The molecule has 0 amide bonds. The molecule has 0 spiro atoms. The van der Waals surface area contributed by atoms with Crippen molar-refractivity contribution in [1.82, 2.24) is 0 Å². The molecule has 22 heavy (non-hydrogen) atoms. The molecule has 0 heterocycles. The molecule has 1 aromatic carbocycles. The lowest BCUT2D eigenvalue weighted by Crippen LogP contribution is -2.37. The maximum atomic E-state index is 10.7. The van der Waals surface area contributed by atoms with Gasteiger partial charge in [-0.05, 0) is 19.1 Å². The molecule has 0 saturated carbocycles. The van der Waals surface area contributed by atoms with Gasteiger partial charge in [0.05, 0.1) is 26.0 Å². The van der Waals surface area contributed by atoms with Crippen molar-refractivity contribution in [3.05, 3.63) is 29.8 Å². The molecule has 6 nitrogen and oxygen atoms in total. The van der Waals surface area contributed by atoms with E-state index in [0.717, 1.165) is 16.6 Å². The molecule has 126 valence electrons. The Morgan fingerprint density at radius 2 is 1.68 bits per heavy atom. The summed E-state index contributed by atoms with van der Waals surface area (Å²) in [5.41, 5.74) is 0.928. The Morgan fingerprint density at radius 1 is 1.18 bits per heavy atom. The molecule has 0 radical (unpaired) electrons. The van der Waals surface area contributed by atoms with Gasteiger partial charge in [0.25, 0.3) is 0 Å². The molecular formula is C15H25NO5S. The molecule has 0 bridgehead atoms. The lowest BCUT2D eigenvalue weighted by Gasteiger charge is -2.23. The van der Waals surface area contributed by atoms with Crippen LogP contribution >= 0.6 is 0 Å². The summed E-state index contributed by atoms with van der Waals surface area (Å²) in [6.45, 7) is 5.01. The predicted molar refractivity (Wildman–Crippen MR) is 83.3 cm³/mol. The highest BCUT2D eigenvalue weighted by Crippen LogP contribution is 2.08. The van der Waals surface area contributed by atoms with E-state index < -0.39 is 10.1 Å². The van der Waals surface area contributed by atoms with Gasteiger partial charge in [0.1, 0.15) is 23.3 Å². The third-order valence-electron chi connectivity index (χ3n) is 2.62. The van der Waals surface area contributed by atoms with Crippen LogP contribution in [0.2, 0.25) is 0 Å². The van der Waals surface area contributed by atoms with Crippen molar-refractivity contribution >= 4 is 16.1 Å². The fourth-order valence-corrected chi connectivity index (χ4v) is 1.71. The van der Waals surface area contributed by atoms with E-state index in [1.165, 1.54) is 12.1 Å². The minimum atomic E-state index is -4.27. The maximum absolute atomic E-state index is 10.7. The zero-order chi connectivity index (χ0) is 17.4. The number of esters is 1. The average Bonchev–Trinajstić information content (AvgIpc) is 2.37. The highest BCUT2D eigenvalue weighted by Gasteiger charge is 2.07. The summed E-state index contributed by atoms with van der Waals surface area (Å²) in [7, 11) is 1.94. The van der Waals surface area contributed by atoms with Crippen molar-refractivity contribution in [3.63, 3.8) is 0 Å². The third kappa shape index (κ3) is 10.3. The number of nitrogens with zero attached hydrogens (tertiary/aromatic N) is 1. The van der Waals surface area contributed by atoms with E-state index in [4.69, 9.17) is 4.74 Å². The van der Waals surface area contributed by atoms with E-state index in [1.807, 2.05) is 6.92 Å². The SMILES string of the molecule is CCC(=O)OCC[N+](C)(C)C.Cc1ccc(S(=O)(=O)[O-])cc1. The molecule has 1 rings (SSSR count). The predicted octanol–water partition coefficient (Wildman–Crippen LogP) is 1.54. The highest BCUT2D eigenvalue weighted by atomic mass is 32.2. The Hall–Kier alpha value is -1.44. The molecule has 0 saturated heterocycles. The second-order valence-electron chi connectivity index (χ2n) is 5.86. The van der Waals surface area contributed by atoms with Gasteiger partial charge in [0, 0.05) is 6.42 Å². The molecule has 0 aliphatic carbocycles. The van der Waals surface area contributed by atoms with Crippen molar-refractivity contribution < 1.29 is 27.0 Å². The maximum Gasteiger partial charge on any atom is 0.305 e. The van der Waals surface area contributed by atoms with Crippen LogP contribution in [0.3, 0.4) is 0 Å². The van der Waals surface area contributed by atoms with Gasteiger partial charge in [-0.25, -0.2) is 8.42 Å². The van der Waals surface area contributed by atoms with Gasteiger partial charge in [0.2, 0.25) is 0 Å². The van der Waals surface area contributed by atoms with Crippen LogP contribution in [0.25, 0.3) is 0 Å². The number of benzene rings is 1. The summed E-state index contributed by atoms with van der Waals surface area (Å²) in [5.74, 6) is -0.113. The second kappa shape index (κ2) is 8.87. The molecule has 0 N–H and O–H groups in total. The zero-order valence-corrected chi connectivity index (χ0v) is 14.6. The zero-order valence-electron chi connectivity index (χ0n) is 13.8. The standard InChI is InChI=1S/C8H18NO2.C7H8O3S/c1-5-8(10)11-7-6-9(2,3)4;1-6-2-4-7(5-3-6)11(8,9)10/h5-7H2,1-4H3;2-5H,1H3,(H,8,9,10)/q+1;/p-1. The average molecular weight is 331 g/mol. The van der Waals surface area contributed by atoms with Crippen LogP contribution in [-0.4, -0.2) is 57.7 Å². The van der Waals surface area contributed by atoms with Crippen LogP contribution in [0.5, 0.6) is 0 Å². The van der Waals surface area contributed by atoms with Gasteiger partial charge in [0.15, 0.2) is 0 Å². The van der Waals surface area contributed by atoms with Gasteiger partial charge in [-0.3, -0.25) is 4.79 Å². The number of carbonyl (C=O) groups excluding carboxylic acids is 1. The fraction of sp³-hybridized carbons (Fsp3) is 0.533. The van der Waals surface area contributed by atoms with Crippen LogP contribution in [0.4, 0.5) is 0 Å². The lowest BCUT2D eigenvalue weighted by molar-refractivity contribution is -0.870. The number of quaternary nitrogens is 1. The van der Waals surface area contributed by atoms with E-state index in [9.17, 15) is 17.8 Å². The third-order valence-corrected chi connectivity index (χ3v) is 3.47. The van der Waals surface area contributed by atoms with Crippen molar-refractivity contribution in [2.24, 2.45) is 0 Å². The summed E-state index contributed by atoms with van der Waals surface area (Å²) in [4.78, 5) is 10.5. The minimum absolute atomic E-state index is 0.113. The van der Waals surface area contributed by atoms with Crippen molar-refractivity contribution in [1.29, 1.82) is 0 Å². The van der Waals surface area contributed by atoms with Crippen LogP contribution in [0.1, 0.15) is 18.9 Å². The van der Waals surface area contributed by atoms with Crippen molar-refractivity contribution in [2.45, 2.75) is 25.2 Å². The van der Waals surface area contributed by atoms with Gasteiger partial charge < -0.3 is 13.8 Å². The van der Waals surface area contributed by atoms with Gasteiger partial charge in [-0.1, -0.05) is 24.6 Å². The summed E-state index contributed by atoms with van der Waals surface area (Å²) in [6.07, 6.45) is 0.469. The van der Waals surface area contributed by atoms with Gasteiger partial charge in [-0.2, -0.15) is 0 Å². The molecule has 0 fully saturated rings. The van der Waals surface area contributed by atoms with Crippen molar-refractivity contribution in [2.75, 3.05) is 34.3 Å². The first kappa shape index (κ1) is 20.6. The van der Waals surface area contributed by atoms with E-state index in [-0.39, 0.29) is 10.9 Å². The number of aryl methyl sites for hydroxylation is 1. The van der Waals surface area contributed by atoms with Crippen LogP contribution in [0.15, 0.2) is 29.2 Å². The Labute approximate surface area is 133 Å². The highest BCUT2D eigenvalue weighted by molar-refractivity contribution is 7.85. The molecular weight excluding hydrogens is 306 g/mol. The van der Waals surface area contributed by atoms with E-state index in [0.29, 0.717) is 13.0 Å². The normalized spacial score (nSPS) is 11.4. The lowest BCUT2D eigenvalue weighted by atomic mass is 10.2.